The third kappa shape index (κ3) is 4.33. The van der Waals surface area contributed by atoms with Crippen molar-refractivity contribution >= 4 is 21.9 Å². The normalized spacial score (nSPS) is 27.2. The molecule has 2 fully saturated rings. The van der Waals surface area contributed by atoms with Crippen LogP contribution >= 0.6 is 0 Å². The van der Waals surface area contributed by atoms with E-state index < -0.39 is 10.1 Å². The Morgan fingerprint density at radius 2 is 1.70 bits per heavy atom. The maximum absolute atomic E-state index is 13.6. The van der Waals surface area contributed by atoms with E-state index in [4.69, 9.17) is 4.99 Å². The second-order valence-corrected chi connectivity index (χ2v) is 13.1. The summed E-state index contributed by atoms with van der Waals surface area (Å²) in [5.74, 6) is 0.969. The predicted molar refractivity (Wildman–Crippen MR) is 136 cm³/mol. The Morgan fingerprint density at radius 3 is 2.39 bits per heavy atom. The molecule has 1 aromatic carbocycles. The lowest BCUT2D eigenvalue weighted by molar-refractivity contribution is -0.128. The molecular weight excluding hydrogens is 432 g/mol. The smallest absolute Gasteiger partial charge is 0.255 e. The summed E-state index contributed by atoms with van der Waals surface area (Å²) in [6, 6.07) is 10.6. The molecule has 33 heavy (non-hydrogen) atoms. The largest absolute Gasteiger partial charge is 0.336 e. The first-order valence-corrected chi connectivity index (χ1v) is 14.6. The average Bonchev–Trinajstić information content (AvgIpc) is 3.19. The van der Waals surface area contributed by atoms with Crippen molar-refractivity contribution in [2.75, 3.05) is 32.4 Å². The molecule has 7 heteroatoms. The van der Waals surface area contributed by atoms with E-state index >= 15 is 0 Å². The molecule has 6 nitrogen and oxygen atoms in total. The molecule has 1 saturated heterocycles. The minimum absolute atomic E-state index is 0.0555. The summed E-state index contributed by atoms with van der Waals surface area (Å²) in [6.07, 6.45) is 13.7. The van der Waals surface area contributed by atoms with E-state index in [1.54, 1.807) is 0 Å². The van der Waals surface area contributed by atoms with Gasteiger partial charge in [0.25, 0.3) is 5.91 Å². The highest BCUT2D eigenvalue weighted by atomic mass is 32.3. The number of hydrogen-bond donors (Lipinski definition) is 1. The van der Waals surface area contributed by atoms with Crippen LogP contribution in [0.1, 0.15) is 50.6 Å². The zero-order chi connectivity index (χ0) is 23.0. The van der Waals surface area contributed by atoms with Gasteiger partial charge in [-0.3, -0.25) is 14.0 Å². The highest BCUT2D eigenvalue weighted by Gasteiger charge is 2.37. The molecule has 1 aliphatic carbocycles. The quantitative estimate of drug-likeness (QED) is 0.690. The maximum Gasteiger partial charge on any atom is 0.255 e. The van der Waals surface area contributed by atoms with E-state index in [1.807, 2.05) is 35.6 Å². The molecule has 0 aromatic heterocycles. The molecular formula is C26H36N4O2S. The van der Waals surface area contributed by atoms with Crippen LogP contribution in [0.25, 0.3) is 0 Å². The Morgan fingerprint density at radius 1 is 1.00 bits per heavy atom. The van der Waals surface area contributed by atoms with Crippen molar-refractivity contribution in [2.24, 2.45) is 4.99 Å². The van der Waals surface area contributed by atoms with E-state index in [0.717, 1.165) is 18.7 Å². The van der Waals surface area contributed by atoms with Gasteiger partial charge in [0.15, 0.2) is 0 Å². The first-order valence-electron chi connectivity index (χ1n) is 12.4. The Kier molecular flexibility index (Phi) is 6.27. The van der Waals surface area contributed by atoms with Gasteiger partial charge in [-0.25, -0.2) is 4.31 Å². The van der Waals surface area contributed by atoms with Gasteiger partial charge in [0.05, 0.1) is 17.7 Å². The number of hydrogen-bond acceptors (Lipinski definition) is 4. The Bertz CT molecular complexity index is 1020. The second kappa shape index (κ2) is 9.18. The van der Waals surface area contributed by atoms with E-state index in [-0.39, 0.29) is 18.0 Å². The molecule has 3 aliphatic heterocycles. The van der Waals surface area contributed by atoms with Crippen molar-refractivity contribution in [3.63, 3.8) is 0 Å². The summed E-state index contributed by atoms with van der Waals surface area (Å²) in [6.45, 7) is 4.79. The number of carbonyl (C=O) groups excluding carboxylic acids is 1. The molecule has 5 rings (SSSR count). The fourth-order valence-electron chi connectivity index (χ4n) is 5.84. The molecule has 0 N–H and O–H groups in total. The van der Waals surface area contributed by atoms with Crippen molar-refractivity contribution in [3.05, 3.63) is 59.8 Å². The number of thiol groups is 1. The van der Waals surface area contributed by atoms with Gasteiger partial charge in [0.1, 0.15) is 5.84 Å². The van der Waals surface area contributed by atoms with Crippen LogP contribution in [0.15, 0.2) is 59.2 Å². The Labute approximate surface area is 198 Å². The Balaban J connectivity index is 1.26. The summed E-state index contributed by atoms with van der Waals surface area (Å²) < 4.78 is 15.8. The highest BCUT2D eigenvalue weighted by molar-refractivity contribution is 8.00. The molecule has 1 amide bonds. The number of amidine groups is 1. The summed E-state index contributed by atoms with van der Waals surface area (Å²) in [7, 11) is -2.35. The van der Waals surface area contributed by atoms with Gasteiger partial charge in [-0.05, 0) is 37.5 Å². The van der Waals surface area contributed by atoms with Crippen molar-refractivity contribution in [1.29, 1.82) is 0 Å². The van der Waals surface area contributed by atoms with Crippen LogP contribution in [0.3, 0.4) is 0 Å². The lowest BCUT2D eigenvalue weighted by Gasteiger charge is -2.45. The van der Waals surface area contributed by atoms with E-state index in [1.165, 1.54) is 24.8 Å². The molecule has 3 heterocycles. The van der Waals surface area contributed by atoms with Crippen molar-refractivity contribution in [1.82, 2.24) is 14.1 Å². The molecule has 0 radical (unpaired) electrons. The van der Waals surface area contributed by atoms with Crippen molar-refractivity contribution in [3.8, 4) is 0 Å². The molecule has 0 bridgehead atoms. The zero-order valence-corrected chi connectivity index (χ0v) is 20.7. The van der Waals surface area contributed by atoms with Crippen LogP contribution in [0.4, 0.5) is 0 Å². The van der Waals surface area contributed by atoms with Crippen LogP contribution in [0.5, 0.6) is 0 Å². The number of fused-ring (bicyclic) bond motifs is 1. The number of benzene rings is 1. The summed E-state index contributed by atoms with van der Waals surface area (Å²) in [5.41, 5.74) is 1.90. The van der Waals surface area contributed by atoms with Gasteiger partial charge in [-0.2, -0.15) is 0 Å². The van der Waals surface area contributed by atoms with Gasteiger partial charge in [-0.1, -0.05) is 59.7 Å². The zero-order valence-electron chi connectivity index (χ0n) is 19.8. The molecule has 1 saturated carbocycles. The standard InChI is InChI=1S/C26H36N4O2S/c1-20-25(21-9-5-3-6-10-21)30-19-22(13-14-24(30)27-20)26(31)28-15-17-29(18-16-28)33(2,32)23-11-7-4-8-12-23/h3,5-6,9-10,13-14,19-20,23,25,33H,4,7-8,11-12,15-18H2,1-2H3/t20-,25?/m0/s1. The highest BCUT2D eigenvalue weighted by Crippen LogP contribution is 2.35. The minimum atomic E-state index is -2.35. The van der Waals surface area contributed by atoms with Crippen molar-refractivity contribution < 1.29 is 9.00 Å². The first kappa shape index (κ1) is 22.5. The fraction of sp³-hybridized carbons (Fsp3) is 0.538. The lowest BCUT2D eigenvalue weighted by Crippen LogP contribution is -2.55. The summed E-state index contributed by atoms with van der Waals surface area (Å²) in [5, 5.41) is 0.335. The van der Waals surface area contributed by atoms with Crippen LogP contribution in [0, 0.1) is 0 Å². The van der Waals surface area contributed by atoms with Gasteiger partial charge in [-0.15, -0.1) is 0 Å². The van der Waals surface area contributed by atoms with Crippen LogP contribution in [-0.4, -0.2) is 73.8 Å². The van der Waals surface area contributed by atoms with Crippen molar-refractivity contribution in [2.45, 2.75) is 56.4 Å². The molecule has 1 aromatic rings. The monoisotopic (exact) mass is 468 g/mol. The molecule has 0 spiro atoms. The SMILES string of the molecule is C[C@@H]1N=C2C=CC(C(=O)N3CCN([SH](C)(=O)C4CCCCC4)CC3)=CN2C1c1ccccc1. The average molecular weight is 469 g/mol. The number of amides is 1. The lowest BCUT2D eigenvalue weighted by atomic mass is 10.00. The first-order chi connectivity index (χ1) is 15.9. The Hall–Kier alpha value is -2.25. The number of rotatable bonds is 4. The molecule has 4 aliphatic rings. The van der Waals surface area contributed by atoms with E-state index in [0.29, 0.717) is 37.0 Å². The number of piperazine rings is 1. The van der Waals surface area contributed by atoms with Gasteiger partial charge in [0.2, 0.25) is 0 Å². The molecule has 1 unspecified atom stereocenters. The maximum atomic E-state index is 13.6. The number of carbonyl (C=O) groups is 1. The minimum Gasteiger partial charge on any atom is -0.336 e. The molecule has 2 atom stereocenters. The number of aliphatic imine (C=N–C) groups is 1. The van der Waals surface area contributed by atoms with Crippen LogP contribution in [0.2, 0.25) is 0 Å². The number of nitrogens with zero attached hydrogens (tertiary/aromatic N) is 4. The third-order valence-electron chi connectivity index (χ3n) is 7.79. The fourth-order valence-corrected chi connectivity index (χ4v) is 8.60. The summed E-state index contributed by atoms with van der Waals surface area (Å²) >= 11 is 0. The van der Waals surface area contributed by atoms with Gasteiger partial charge < -0.3 is 9.80 Å². The van der Waals surface area contributed by atoms with Crippen LogP contribution < -0.4 is 0 Å². The topological polar surface area (TPSA) is 56.2 Å². The second-order valence-electron chi connectivity index (χ2n) is 9.89. The third-order valence-corrected chi connectivity index (χ3v) is 11.2. The molecule has 178 valence electrons. The van der Waals surface area contributed by atoms with Crippen LogP contribution in [-0.2, 0) is 14.9 Å². The predicted octanol–water partition coefficient (Wildman–Crippen LogP) is 3.32. The van der Waals surface area contributed by atoms with E-state index in [2.05, 4.69) is 40.4 Å². The van der Waals surface area contributed by atoms with Gasteiger partial charge >= 0.3 is 0 Å². The van der Waals surface area contributed by atoms with E-state index in [9.17, 15) is 9.00 Å². The van der Waals surface area contributed by atoms with Gasteiger partial charge in [0, 0.05) is 43.9 Å². The summed E-state index contributed by atoms with van der Waals surface area (Å²) in [4.78, 5) is 22.3.